The molecule has 2 aromatic carbocycles. The minimum atomic E-state index is -1.15. The molecule has 2 atom stereocenters. The summed E-state index contributed by atoms with van der Waals surface area (Å²) >= 11 is 1.25. The Morgan fingerprint density at radius 3 is 2.30 bits per heavy atom. The monoisotopic (exact) mass is 473 g/mol. The first-order valence-corrected chi connectivity index (χ1v) is 12.3. The van der Waals surface area contributed by atoms with Gasteiger partial charge in [0.15, 0.2) is 0 Å². The zero-order valence-corrected chi connectivity index (χ0v) is 19.6. The maximum absolute atomic E-state index is 12.4. The Labute approximate surface area is 198 Å². The fourth-order valence-corrected chi connectivity index (χ4v) is 4.76. The molecule has 0 aliphatic heterocycles. The van der Waals surface area contributed by atoms with Gasteiger partial charge in [0.05, 0.1) is 12.7 Å². The number of hydrogen-bond acceptors (Lipinski definition) is 6. The van der Waals surface area contributed by atoms with E-state index in [0.717, 1.165) is 35.1 Å². The maximum atomic E-state index is 12.4. The number of fused-ring (bicyclic) bond motifs is 3. The van der Waals surface area contributed by atoms with Crippen LogP contribution in [-0.4, -0.2) is 65.7 Å². The van der Waals surface area contributed by atoms with E-state index in [1.54, 1.807) is 0 Å². The molecule has 1 aliphatic rings. The van der Waals surface area contributed by atoms with Crippen LogP contribution < -0.4 is 5.32 Å². The standard InChI is InChI=1S/C25H31NO6S/c1-2-3-12-31-13-17(27)15-33-16-23(24(28)29)26-25(30)32-14-22-20-10-6-4-8-18(20)19-9-5-7-11-21(19)22/h4-11,17,22-23,27H,2-3,12-16H2,1H3,(H,26,30)(H,28,29). The maximum Gasteiger partial charge on any atom is 0.407 e. The van der Waals surface area contributed by atoms with E-state index in [4.69, 9.17) is 9.47 Å². The molecule has 0 saturated heterocycles. The van der Waals surface area contributed by atoms with Gasteiger partial charge in [-0.25, -0.2) is 9.59 Å². The van der Waals surface area contributed by atoms with Crippen LogP contribution in [0, 0.1) is 0 Å². The second-order valence-electron chi connectivity index (χ2n) is 7.98. The molecule has 2 aromatic rings. The summed E-state index contributed by atoms with van der Waals surface area (Å²) in [6.45, 7) is 2.99. The predicted octanol–water partition coefficient (Wildman–Crippen LogP) is 3.89. The number of hydrogen-bond donors (Lipinski definition) is 3. The number of unbranched alkanes of at least 4 members (excludes halogenated alkanes) is 1. The van der Waals surface area contributed by atoms with Gasteiger partial charge in [-0.05, 0) is 28.7 Å². The van der Waals surface area contributed by atoms with Crippen molar-refractivity contribution in [3.05, 3.63) is 59.7 Å². The summed E-state index contributed by atoms with van der Waals surface area (Å²) in [4.78, 5) is 23.9. The molecular formula is C25H31NO6S. The summed E-state index contributed by atoms with van der Waals surface area (Å²) in [6, 6.07) is 14.9. The highest BCUT2D eigenvalue weighted by Crippen LogP contribution is 2.44. The molecule has 0 saturated carbocycles. The molecule has 1 aliphatic carbocycles. The molecule has 0 aromatic heterocycles. The van der Waals surface area contributed by atoms with Gasteiger partial charge in [0, 0.05) is 24.0 Å². The number of carbonyl (C=O) groups excluding carboxylic acids is 1. The van der Waals surface area contributed by atoms with Crippen LogP contribution in [-0.2, 0) is 14.3 Å². The highest BCUT2D eigenvalue weighted by atomic mass is 32.2. The molecule has 178 valence electrons. The topological polar surface area (TPSA) is 105 Å². The Kier molecular flexibility index (Phi) is 9.60. The first kappa shape index (κ1) is 25.1. The first-order chi connectivity index (χ1) is 16.0. The number of benzene rings is 2. The quantitative estimate of drug-likeness (QED) is 0.379. The highest BCUT2D eigenvalue weighted by molar-refractivity contribution is 7.99. The summed E-state index contributed by atoms with van der Waals surface area (Å²) in [5, 5.41) is 21.8. The van der Waals surface area contributed by atoms with E-state index in [-0.39, 0.29) is 24.9 Å². The van der Waals surface area contributed by atoms with Crippen molar-refractivity contribution in [3.8, 4) is 11.1 Å². The minimum Gasteiger partial charge on any atom is -0.480 e. The van der Waals surface area contributed by atoms with Crippen molar-refractivity contribution in [3.63, 3.8) is 0 Å². The van der Waals surface area contributed by atoms with Gasteiger partial charge < -0.3 is 25.0 Å². The molecule has 0 spiro atoms. The SMILES string of the molecule is CCCCOCC(O)CSCC(NC(=O)OCC1c2ccccc2-c2ccccc21)C(=O)O. The molecule has 1 amide bonds. The van der Waals surface area contributed by atoms with E-state index in [2.05, 4.69) is 24.4 Å². The fraction of sp³-hybridized carbons (Fsp3) is 0.440. The van der Waals surface area contributed by atoms with Gasteiger partial charge in [-0.3, -0.25) is 0 Å². The number of carboxylic acid groups (broad SMARTS) is 1. The molecule has 3 rings (SSSR count). The van der Waals surface area contributed by atoms with Crippen molar-refractivity contribution in [2.45, 2.75) is 37.8 Å². The van der Waals surface area contributed by atoms with Crippen LogP contribution >= 0.6 is 11.8 Å². The Morgan fingerprint density at radius 1 is 1.06 bits per heavy atom. The smallest absolute Gasteiger partial charge is 0.407 e. The number of ether oxygens (including phenoxy) is 2. The van der Waals surface area contributed by atoms with E-state index >= 15 is 0 Å². The summed E-state index contributed by atoms with van der Waals surface area (Å²) in [5.41, 5.74) is 4.43. The Bertz CT molecular complexity index is 891. The number of rotatable bonds is 13. The van der Waals surface area contributed by atoms with Crippen molar-refractivity contribution in [1.29, 1.82) is 0 Å². The second-order valence-corrected chi connectivity index (χ2v) is 9.06. The average Bonchev–Trinajstić information content (AvgIpc) is 3.13. The zero-order valence-electron chi connectivity index (χ0n) is 18.7. The molecular weight excluding hydrogens is 442 g/mol. The molecule has 0 radical (unpaired) electrons. The minimum absolute atomic E-state index is 0.0938. The Hall–Kier alpha value is -2.55. The van der Waals surface area contributed by atoms with Crippen LogP contribution in [0.3, 0.4) is 0 Å². The molecule has 0 fully saturated rings. The van der Waals surface area contributed by atoms with Crippen molar-refractivity contribution < 1.29 is 29.3 Å². The van der Waals surface area contributed by atoms with Gasteiger partial charge >= 0.3 is 12.1 Å². The van der Waals surface area contributed by atoms with Crippen LogP contribution in [0.15, 0.2) is 48.5 Å². The van der Waals surface area contributed by atoms with Gasteiger partial charge in [-0.1, -0.05) is 61.9 Å². The molecule has 8 heteroatoms. The zero-order chi connectivity index (χ0) is 23.6. The number of nitrogens with one attached hydrogen (secondary N) is 1. The number of carboxylic acids is 1. The fourth-order valence-electron chi connectivity index (χ4n) is 3.79. The number of amides is 1. The van der Waals surface area contributed by atoms with Gasteiger partial charge in [-0.15, -0.1) is 0 Å². The number of alkyl carbamates (subject to hydrolysis) is 1. The summed E-state index contributed by atoms with van der Waals surface area (Å²) in [6.07, 6.45) is 0.501. The van der Waals surface area contributed by atoms with Crippen LogP contribution in [0.25, 0.3) is 11.1 Å². The molecule has 2 unspecified atom stereocenters. The van der Waals surface area contributed by atoms with Gasteiger partial charge in [0.25, 0.3) is 0 Å². The summed E-state index contributed by atoms with van der Waals surface area (Å²) < 4.78 is 10.8. The van der Waals surface area contributed by atoms with E-state index in [1.165, 1.54) is 11.8 Å². The van der Waals surface area contributed by atoms with Gasteiger partial charge in [0.1, 0.15) is 12.6 Å². The normalized spacial score (nSPS) is 14.2. The van der Waals surface area contributed by atoms with Crippen LogP contribution in [0.1, 0.15) is 36.8 Å². The van der Waals surface area contributed by atoms with E-state index in [0.29, 0.717) is 12.4 Å². The second kappa shape index (κ2) is 12.6. The molecule has 0 bridgehead atoms. The molecule has 33 heavy (non-hydrogen) atoms. The van der Waals surface area contributed by atoms with E-state index in [9.17, 15) is 19.8 Å². The lowest BCUT2D eigenvalue weighted by Crippen LogP contribution is -2.43. The lowest BCUT2D eigenvalue weighted by atomic mass is 9.98. The van der Waals surface area contributed by atoms with Crippen LogP contribution in [0.5, 0.6) is 0 Å². The van der Waals surface area contributed by atoms with Crippen molar-refractivity contribution in [2.75, 3.05) is 31.3 Å². The third kappa shape index (κ3) is 6.96. The highest BCUT2D eigenvalue weighted by Gasteiger charge is 2.29. The average molecular weight is 474 g/mol. The Morgan fingerprint density at radius 2 is 1.70 bits per heavy atom. The van der Waals surface area contributed by atoms with E-state index in [1.807, 2.05) is 36.4 Å². The van der Waals surface area contributed by atoms with Crippen molar-refractivity contribution in [1.82, 2.24) is 5.32 Å². The summed E-state index contributed by atoms with van der Waals surface area (Å²) in [5.74, 6) is -0.804. The van der Waals surface area contributed by atoms with Crippen LogP contribution in [0.4, 0.5) is 4.79 Å². The number of thioether (sulfide) groups is 1. The largest absolute Gasteiger partial charge is 0.480 e. The van der Waals surface area contributed by atoms with Gasteiger partial charge in [0.2, 0.25) is 0 Å². The molecule has 7 nitrogen and oxygen atoms in total. The van der Waals surface area contributed by atoms with Crippen LogP contribution in [0.2, 0.25) is 0 Å². The first-order valence-electron chi connectivity index (χ1n) is 11.2. The third-order valence-corrected chi connectivity index (χ3v) is 6.67. The lowest BCUT2D eigenvalue weighted by molar-refractivity contribution is -0.138. The van der Waals surface area contributed by atoms with Crippen molar-refractivity contribution >= 4 is 23.8 Å². The Balaban J connectivity index is 1.47. The lowest BCUT2D eigenvalue weighted by Gasteiger charge is -2.18. The molecule has 0 heterocycles. The molecule has 3 N–H and O–H groups in total. The predicted molar refractivity (Wildman–Crippen MR) is 129 cm³/mol. The number of aliphatic hydroxyl groups excluding tert-OH is 1. The summed E-state index contributed by atoms with van der Waals surface area (Å²) in [7, 11) is 0. The van der Waals surface area contributed by atoms with Crippen molar-refractivity contribution in [2.24, 2.45) is 0 Å². The number of aliphatic carboxylic acids is 1. The number of aliphatic hydroxyl groups is 1. The van der Waals surface area contributed by atoms with Gasteiger partial charge in [-0.2, -0.15) is 11.8 Å². The number of carbonyl (C=O) groups is 2. The van der Waals surface area contributed by atoms with E-state index < -0.39 is 24.2 Å². The third-order valence-electron chi connectivity index (χ3n) is 5.48.